The van der Waals surface area contributed by atoms with E-state index in [0.717, 1.165) is 23.6 Å². The molecule has 0 saturated heterocycles. The van der Waals surface area contributed by atoms with Crippen LogP contribution in [0.5, 0.6) is 5.75 Å². The fourth-order valence-electron chi connectivity index (χ4n) is 3.99. The molecule has 0 amide bonds. The molecule has 136 valence electrons. The molecule has 0 aliphatic rings. The van der Waals surface area contributed by atoms with E-state index < -0.39 is 0 Å². The SMILES string of the molecule is Cc1cc(C)c(C(C)C)c(OCCc2cc(C)c(C(C)C)c(C)n2)c1. The Balaban J connectivity index is 2.14. The molecule has 0 unspecified atom stereocenters. The molecular formula is C23H33NO. The summed E-state index contributed by atoms with van der Waals surface area (Å²) in [6.07, 6.45) is 0.838. The van der Waals surface area contributed by atoms with E-state index in [2.05, 4.69) is 73.6 Å². The van der Waals surface area contributed by atoms with Crippen LogP contribution < -0.4 is 4.74 Å². The van der Waals surface area contributed by atoms with Gasteiger partial charge in [0.05, 0.1) is 6.61 Å². The third kappa shape index (κ3) is 4.62. The van der Waals surface area contributed by atoms with Gasteiger partial charge in [-0.2, -0.15) is 0 Å². The van der Waals surface area contributed by atoms with Crippen molar-refractivity contribution in [2.45, 2.75) is 73.6 Å². The van der Waals surface area contributed by atoms with E-state index in [1.165, 1.54) is 27.8 Å². The number of nitrogens with zero attached hydrogens (tertiary/aromatic N) is 1. The van der Waals surface area contributed by atoms with Crippen molar-refractivity contribution in [2.75, 3.05) is 6.61 Å². The topological polar surface area (TPSA) is 22.1 Å². The second-order valence-electron chi connectivity index (χ2n) is 7.83. The summed E-state index contributed by atoms with van der Waals surface area (Å²) in [5.41, 5.74) is 8.88. The van der Waals surface area contributed by atoms with Gasteiger partial charge in [0.2, 0.25) is 0 Å². The molecule has 2 aromatic rings. The van der Waals surface area contributed by atoms with Crippen LogP contribution in [-0.4, -0.2) is 11.6 Å². The Morgan fingerprint density at radius 2 is 1.44 bits per heavy atom. The summed E-state index contributed by atoms with van der Waals surface area (Å²) in [6, 6.07) is 6.62. The Morgan fingerprint density at radius 3 is 2.00 bits per heavy atom. The molecule has 1 aromatic carbocycles. The van der Waals surface area contributed by atoms with Gasteiger partial charge in [0.15, 0.2) is 0 Å². The molecular weight excluding hydrogens is 306 g/mol. The van der Waals surface area contributed by atoms with Gasteiger partial charge in [-0.05, 0) is 79.5 Å². The van der Waals surface area contributed by atoms with Crippen LogP contribution in [0.25, 0.3) is 0 Å². The van der Waals surface area contributed by atoms with Gasteiger partial charge in [-0.15, -0.1) is 0 Å². The average Bonchev–Trinajstić information content (AvgIpc) is 2.44. The molecule has 2 nitrogen and oxygen atoms in total. The van der Waals surface area contributed by atoms with Crippen LogP contribution in [0.4, 0.5) is 0 Å². The van der Waals surface area contributed by atoms with Crippen LogP contribution in [0, 0.1) is 27.7 Å². The number of aromatic nitrogens is 1. The number of pyridine rings is 1. The van der Waals surface area contributed by atoms with Gasteiger partial charge in [0.1, 0.15) is 5.75 Å². The lowest BCUT2D eigenvalue weighted by molar-refractivity contribution is 0.315. The summed E-state index contributed by atoms with van der Waals surface area (Å²) in [5.74, 6) is 2.00. The average molecular weight is 340 g/mol. The Labute approximate surface area is 153 Å². The largest absolute Gasteiger partial charge is 0.493 e. The first-order chi connectivity index (χ1) is 11.7. The van der Waals surface area contributed by atoms with Gasteiger partial charge in [0.25, 0.3) is 0 Å². The standard InChI is InChI=1S/C23H33NO/c1-14(2)22-18(7)13-20(24-19(22)8)9-10-25-21-12-16(5)11-17(6)23(21)15(3)4/h11-15H,9-10H2,1-8H3. The van der Waals surface area contributed by atoms with Crippen molar-refractivity contribution in [2.24, 2.45) is 0 Å². The second-order valence-corrected chi connectivity index (χ2v) is 7.83. The van der Waals surface area contributed by atoms with Gasteiger partial charge in [0, 0.05) is 17.8 Å². The van der Waals surface area contributed by atoms with Crippen molar-refractivity contribution < 1.29 is 4.74 Å². The molecule has 2 rings (SSSR count). The first-order valence-electron chi connectivity index (χ1n) is 9.41. The lowest BCUT2D eigenvalue weighted by Gasteiger charge is -2.18. The Morgan fingerprint density at radius 1 is 0.840 bits per heavy atom. The van der Waals surface area contributed by atoms with E-state index in [4.69, 9.17) is 9.72 Å². The maximum atomic E-state index is 6.18. The van der Waals surface area contributed by atoms with E-state index in [0.29, 0.717) is 18.4 Å². The molecule has 0 aliphatic heterocycles. The first kappa shape index (κ1) is 19.5. The first-order valence-corrected chi connectivity index (χ1v) is 9.41. The Bertz CT molecular complexity index is 721. The molecule has 0 N–H and O–H groups in total. The molecule has 0 bridgehead atoms. The van der Waals surface area contributed by atoms with Gasteiger partial charge < -0.3 is 4.74 Å². The predicted octanol–water partition coefficient (Wildman–Crippen LogP) is 6.18. The van der Waals surface area contributed by atoms with E-state index >= 15 is 0 Å². The fourth-order valence-corrected chi connectivity index (χ4v) is 3.99. The summed E-state index contributed by atoms with van der Waals surface area (Å²) < 4.78 is 6.18. The quantitative estimate of drug-likeness (QED) is 0.626. The molecule has 0 radical (unpaired) electrons. The molecule has 0 fully saturated rings. The number of hydrogen-bond acceptors (Lipinski definition) is 2. The van der Waals surface area contributed by atoms with Gasteiger partial charge >= 0.3 is 0 Å². The zero-order valence-corrected chi connectivity index (χ0v) is 17.2. The van der Waals surface area contributed by atoms with Crippen molar-refractivity contribution in [1.29, 1.82) is 0 Å². The van der Waals surface area contributed by atoms with Crippen molar-refractivity contribution >= 4 is 0 Å². The maximum absolute atomic E-state index is 6.18. The number of rotatable bonds is 6. The summed E-state index contributed by atoms with van der Waals surface area (Å²) >= 11 is 0. The Kier molecular flexibility index (Phi) is 6.26. The molecule has 2 heteroatoms. The van der Waals surface area contributed by atoms with Crippen LogP contribution in [0.1, 0.15) is 78.7 Å². The van der Waals surface area contributed by atoms with Crippen LogP contribution in [-0.2, 0) is 6.42 Å². The number of hydrogen-bond donors (Lipinski definition) is 0. The van der Waals surface area contributed by atoms with Crippen molar-refractivity contribution in [1.82, 2.24) is 4.98 Å². The lowest BCUT2D eigenvalue weighted by Crippen LogP contribution is -2.09. The normalized spacial score (nSPS) is 11.4. The fraction of sp³-hybridized carbons (Fsp3) is 0.522. The van der Waals surface area contributed by atoms with Crippen LogP contribution in [0.3, 0.4) is 0 Å². The van der Waals surface area contributed by atoms with Gasteiger partial charge in [-0.25, -0.2) is 0 Å². The molecule has 25 heavy (non-hydrogen) atoms. The van der Waals surface area contributed by atoms with Crippen molar-refractivity contribution in [3.63, 3.8) is 0 Å². The number of benzene rings is 1. The van der Waals surface area contributed by atoms with Gasteiger partial charge in [-0.1, -0.05) is 33.8 Å². The highest BCUT2D eigenvalue weighted by Crippen LogP contribution is 2.31. The molecule has 0 atom stereocenters. The second kappa shape index (κ2) is 8.03. The molecule has 0 saturated carbocycles. The van der Waals surface area contributed by atoms with Crippen molar-refractivity contribution in [3.8, 4) is 5.75 Å². The summed E-state index contributed by atoms with van der Waals surface area (Å²) in [7, 11) is 0. The maximum Gasteiger partial charge on any atom is 0.123 e. The van der Waals surface area contributed by atoms with E-state index in [9.17, 15) is 0 Å². The summed E-state index contributed by atoms with van der Waals surface area (Å²) in [4.78, 5) is 4.80. The Hall–Kier alpha value is -1.83. The van der Waals surface area contributed by atoms with E-state index in [1.54, 1.807) is 0 Å². The number of ether oxygens (including phenoxy) is 1. The van der Waals surface area contributed by atoms with Crippen molar-refractivity contribution in [3.05, 3.63) is 57.4 Å². The highest BCUT2D eigenvalue weighted by molar-refractivity contribution is 5.45. The monoisotopic (exact) mass is 339 g/mol. The van der Waals surface area contributed by atoms with Gasteiger partial charge in [-0.3, -0.25) is 4.98 Å². The predicted molar refractivity (Wildman–Crippen MR) is 107 cm³/mol. The molecule has 0 spiro atoms. The summed E-state index contributed by atoms with van der Waals surface area (Å²) in [6.45, 7) is 18.2. The summed E-state index contributed by atoms with van der Waals surface area (Å²) in [5, 5.41) is 0. The van der Waals surface area contributed by atoms with Crippen LogP contribution in [0.15, 0.2) is 18.2 Å². The molecule has 1 heterocycles. The van der Waals surface area contributed by atoms with E-state index in [-0.39, 0.29) is 0 Å². The third-order valence-corrected chi connectivity index (χ3v) is 4.77. The van der Waals surface area contributed by atoms with Crippen LogP contribution >= 0.6 is 0 Å². The molecule has 0 aliphatic carbocycles. The minimum atomic E-state index is 0.462. The van der Waals surface area contributed by atoms with Crippen LogP contribution in [0.2, 0.25) is 0 Å². The zero-order valence-electron chi connectivity index (χ0n) is 17.2. The highest BCUT2D eigenvalue weighted by atomic mass is 16.5. The highest BCUT2D eigenvalue weighted by Gasteiger charge is 2.13. The van der Waals surface area contributed by atoms with E-state index in [1.807, 2.05) is 0 Å². The number of aryl methyl sites for hydroxylation is 4. The molecule has 1 aromatic heterocycles. The minimum absolute atomic E-state index is 0.462. The lowest BCUT2D eigenvalue weighted by atomic mass is 9.95. The third-order valence-electron chi connectivity index (χ3n) is 4.77. The smallest absolute Gasteiger partial charge is 0.123 e. The minimum Gasteiger partial charge on any atom is -0.493 e. The zero-order chi connectivity index (χ0) is 18.7.